The number of nitrogens with zero attached hydrogens (tertiary/aromatic N) is 2. The molecule has 0 aliphatic rings. The van der Waals surface area contributed by atoms with Crippen molar-refractivity contribution in [3.63, 3.8) is 0 Å². The Morgan fingerprint density at radius 2 is 2.00 bits per heavy atom. The van der Waals surface area contributed by atoms with Crippen LogP contribution >= 0.6 is 0 Å². The molecule has 0 bridgehead atoms. The van der Waals surface area contributed by atoms with Crippen molar-refractivity contribution in [2.45, 2.75) is 13.1 Å². The first-order valence-corrected chi connectivity index (χ1v) is 7.76. The molecule has 2 heterocycles. The van der Waals surface area contributed by atoms with Crippen LogP contribution in [0.2, 0.25) is 0 Å². The average Bonchev–Trinajstić information content (AvgIpc) is 3.15. The zero-order chi connectivity index (χ0) is 17.6. The number of carbonyl (C=O) groups excluding carboxylic acids is 1. The number of pyridine rings is 1. The Morgan fingerprint density at radius 1 is 1.16 bits per heavy atom. The van der Waals surface area contributed by atoms with E-state index in [4.69, 9.17) is 9.15 Å². The molecule has 0 spiro atoms. The third kappa shape index (κ3) is 3.98. The molecule has 1 aromatic carbocycles. The van der Waals surface area contributed by atoms with E-state index in [-0.39, 0.29) is 24.7 Å². The number of amides is 1. The van der Waals surface area contributed by atoms with Crippen LogP contribution in [0.1, 0.15) is 21.7 Å². The Kier molecular flexibility index (Phi) is 4.99. The van der Waals surface area contributed by atoms with Gasteiger partial charge in [0.25, 0.3) is 5.91 Å². The predicted octanol–water partition coefficient (Wildman–Crippen LogP) is 3.23. The molecule has 25 heavy (non-hydrogen) atoms. The van der Waals surface area contributed by atoms with Gasteiger partial charge in [-0.2, -0.15) is 0 Å². The number of ether oxygens (including phenoxy) is 1. The maximum atomic E-state index is 12.9. The number of para-hydroxylation sites is 1. The summed E-state index contributed by atoms with van der Waals surface area (Å²) in [5.41, 5.74) is 1.09. The zero-order valence-corrected chi connectivity index (χ0v) is 13.8. The normalized spacial score (nSPS) is 10.4. The number of rotatable bonds is 6. The average molecular weight is 338 g/mol. The van der Waals surface area contributed by atoms with Gasteiger partial charge in [0.15, 0.2) is 0 Å². The third-order valence-electron chi connectivity index (χ3n) is 3.76. The van der Waals surface area contributed by atoms with Gasteiger partial charge >= 0.3 is 0 Å². The summed E-state index contributed by atoms with van der Waals surface area (Å²) in [5.74, 6) is 1.03. The van der Waals surface area contributed by atoms with Gasteiger partial charge in [0.1, 0.15) is 11.5 Å². The first-order valence-electron chi connectivity index (χ1n) is 7.76. The number of aromatic nitrogens is 1. The predicted molar refractivity (Wildman–Crippen MR) is 91.2 cm³/mol. The van der Waals surface area contributed by atoms with E-state index in [1.807, 2.05) is 6.07 Å². The van der Waals surface area contributed by atoms with E-state index < -0.39 is 0 Å². The minimum Gasteiger partial charge on any atom is -0.508 e. The van der Waals surface area contributed by atoms with Gasteiger partial charge in [-0.3, -0.25) is 4.79 Å². The van der Waals surface area contributed by atoms with Crippen LogP contribution < -0.4 is 4.74 Å². The van der Waals surface area contributed by atoms with Crippen molar-refractivity contribution < 1.29 is 19.1 Å². The number of phenolic OH excluding ortho intramolecular Hbond substituents is 1. The first kappa shape index (κ1) is 16.6. The number of benzene rings is 1. The van der Waals surface area contributed by atoms with Crippen LogP contribution in [-0.2, 0) is 13.1 Å². The molecule has 0 fully saturated rings. The Balaban J connectivity index is 1.86. The van der Waals surface area contributed by atoms with E-state index >= 15 is 0 Å². The topological polar surface area (TPSA) is 75.8 Å². The molecule has 128 valence electrons. The molecule has 0 aliphatic carbocycles. The molecule has 0 saturated heterocycles. The summed E-state index contributed by atoms with van der Waals surface area (Å²) >= 11 is 0. The molecule has 6 nitrogen and oxygen atoms in total. The number of aromatic hydroxyl groups is 1. The van der Waals surface area contributed by atoms with Crippen LogP contribution in [0.4, 0.5) is 0 Å². The van der Waals surface area contributed by atoms with Crippen molar-refractivity contribution in [3.05, 3.63) is 77.9 Å². The number of hydrogen-bond donors (Lipinski definition) is 1. The summed E-state index contributed by atoms with van der Waals surface area (Å²) in [5, 5.41) is 10.0. The summed E-state index contributed by atoms with van der Waals surface area (Å²) in [4.78, 5) is 18.6. The molecule has 0 atom stereocenters. The van der Waals surface area contributed by atoms with Gasteiger partial charge in [0, 0.05) is 17.8 Å². The lowest BCUT2D eigenvalue weighted by Crippen LogP contribution is -2.30. The summed E-state index contributed by atoms with van der Waals surface area (Å²) < 4.78 is 10.4. The second-order valence-electron chi connectivity index (χ2n) is 5.46. The molecule has 0 aliphatic heterocycles. The highest BCUT2D eigenvalue weighted by atomic mass is 16.5. The molecule has 2 aromatic heterocycles. The molecular formula is C19H18N2O4. The summed E-state index contributed by atoms with van der Waals surface area (Å²) in [6.07, 6.45) is 3.04. The number of methoxy groups -OCH3 is 1. The quantitative estimate of drug-likeness (QED) is 0.747. The smallest absolute Gasteiger partial charge is 0.256 e. The molecule has 0 saturated carbocycles. The van der Waals surface area contributed by atoms with Gasteiger partial charge in [-0.1, -0.05) is 18.2 Å². The van der Waals surface area contributed by atoms with Crippen LogP contribution in [-0.4, -0.2) is 28.0 Å². The first-order chi connectivity index (χ1) is 12.2. The van der Waals surface area contributed by atoms with E-state index in [9.17, 15) is 9.90 Å². The monoisotopic (exact) mass is 338 g/mol. The van der Waals surface area contributed by atoms with Crippen LogP contribution in [0.3, 0.4) is 0 Å². The Morgan fingerprint density at radius 3 is 2.64 bits per heavy atom. The largest absolute Gasteiger partial charge is 0.508 e. The fraction of sp³-hybridized carbons (Fsp3) is 0.158. The van der Waals surface area contributed by atoms with Gasteiger partial charge in [-0.05, 0) is 24.3 Å². The lowest BCUT2D eigenvalue weighted by Gasteiger charge is -2.22. The van der Waals surface area contributed by atoms with Gasteiger partial charge < -0.3 is 19.2 Å². The van der Waals surface area contributed by atoms with Gasteiger partial charge in [-0.15, -0.1) is 0 Å². The fourth-order valence-corrected chi connectivity index (χ4v) is 2.45. The molecule has 6 heteroatoms. The standard InChI is InChI=1S/C19H18N2O4/c1-24-18-9-8-14(11-20-18)19(23)21(13-16-6-4-10-25-16)12-15-5-2-3-7-17(15)22/h2-11,22H,12-13H2,1H3. The lowest BCUT2D eigenvalue weighted by atomic mass is 10.1. The number of phenols is 1. The molecule has 0 unspecified atom stereocenters. The maximum absolute atomic E-state index is 12.9. The molecular weight excluding hydrogens is 320 g/mol. The molecule has 1 N–H and O–H groups in total. The van der Waals surface area contributed by atoms with Crippen molar-refractivity contribution in [2.75, 3.05) is 7.11 Å². The van der Waals surface area contributed by atoms with Crippen LogP contribution in [0.15, 0.2) is 65.4 Å². The van der Waals surface area contributed by atoms with Gasteiger partial charge in [0.2, 0.25) is 5.88 Å². The van der Waals surface area contributed by atoms with E-state index in [0.29, 0.717) is 22.8 Å². The second-order valence-corrected chi connectivity index (χ2v) is 5.46. The summed E-state index contributed by atoms with van der Waals surface area (Å²) in [6, 6.07) is 13.8. The van der Waals surface area contributed by atoms with Crippen LogP contribution in [0.5, 0.6) is 11.6 Å². The Hall–Kier alpha value is -3.28. The third-order valence-corrected chi connectivity index (χ3v) is 3.76. The Labute approximate surface area is 145 Å². The molecule has 0 radical (unpaired) electrons. The highest BCUT2D eigenvalue weighted by Crippen LogP contribution is 2.21. The van der Waals surface area contributed by atoms with Crippen molar-refractivity contribution in [1.82, 2.24) is 9.88 Å². The molecule has 3 rings (SSSR count). The fourth-order valence-electron chi connectivity index (χ4n) is 2.45. The highest BCUT2D eigenvalue weighted by molar-refractivity contribution is 5.93. The van der Waals surface area contributed by atoms with E-state index in [0.717, 1.165) is 0 Å². The zero-order valence-electron chi connectivity index (χ0n) is 13.8. The molecule has 1 amide bonds. The minimum absolute atomic E-state index is 0.146. The number of hydrogen-bond acceptors (Lipinski definition) is 5. The number of carbonyl (C=O) groups is 1. The van der Waals surface area contributed by atoms with Crippen molar-refractivity contribution in [1.29, 1.82) is 0 Å². The highest BCUT2D eigenvalue weighted by Gasteiger charge is 2.19. The van der Waals surface area contributed by atoms with E-state index in [1.54, 1.807) is 53.6 Å². The van der Waals surface area contributed by atoms with E-state index in [1.165, 1.54) is 13.3 Å². The SMILES string of the molecule is COc1ccc(C(=O)N(Cc2ccco2)Cc2ccccc2O)cn1. The molecule has 3 aromatic rings. The maximum Gasteiger partial charge on any atom is 0.256 e. The van der Waals surface area contributed by atoms with E-state index in [2.05, 4.69) is 4.98 Å². The summed E-state index contributed by atoms with van der Waals surface area (Å²) in [7, 11) is 1.52. The minimum atomic E-state index is -0.213. The lowest BCUT2D eigenvalue weighted by molar-refractivity contribution is 0.0716. The van der Waals surface area contributed by atoms with Crippen molar-refractivity contribution >= 4 is 5.91 Å². The van der Waals surface area contributed by atoms with Crippen LogP contribution in [0, 0.1) is 0 Å². The van der Waals surface area contributed by atoms with Gasteiger partial charge in [0.05, 0.1) is 32.0 Å². The Bertz CT molecular complexity index is 829. The van der Waals surface area contributed by atoms with Crippen LogP contribution in [0.25, 0.3) is 0 Å². The second kappa shape index (κ2) is 7.53. The number of furan rings is 1. The van der Waals surface area contributed by atoms with Crippen molar-refractivity contribution in [3.8, 4) is 11.6 Å². The summed E-state index contributed by atoms with van der Waals surface area (Å²) in [6.45, 7) is 0.532. The van der Waals surface area contributed by atoms with Crippen molar-refractivity contribution in [2.24, 2.45) is 0 Å². The van der Waals surface area contributed by atoms with Gasteiger partial charge in [-0.25, -0.2) is 4.98 Å².